The molecule has 0 saturated heterocycles. The second-order valence-electron chi connectivity index (χ2n) is 4.38. The third-order valence-electron chi connectivity index (χ3n) is 2.78. The zero-order valence-corrected chi connectivity index (χ0v) is 12.1. The zero-order chi connectivity index (χ0) is 15.1. The zero-order valence-electron chi connectivity index (χ0n) is 11.3. The molecule has 0 aromatic heterocycles. The highest BCUT2D eigenvalue weighted by Crippen LogP contribution is 2.16. The maximum Gasteiger partial charge on any atom is 0.335 e. The van der Waals surface area contributed by atoms with E-state index in [4.69, 9.17) is 5.11 Å². The lowest BCUT2D eigenvalue weighted by Gasteiger charge is -2.06. The molecule has 0 unspecified atom stereocenters. The van der Waals surface area contributed by atoms with Crippen molar-refractivity contribution in [1.29, 1.82) is 0 Å². The number of aromatic carboxylic acids is 1. The van der Waals surface area contributed by atoms with E-state index in [0.717, 1.165) is 10.5 Å². The van der Waals surface area contributed by atoms with Gasteiger partial charge in [0.05, 0.1) is 11.3 Å². The number of thioether (sulfide) groups is 1. The van der Waals surface area contributed by atoms with E-state index in [0.29, 0.717) is 12.3 Å². The fourth-order valence-electron chi connectivity index (χ4n) is 1.73. The van der Waals surface area contributed by atoms with Gasteiger partial charge in [-0.1, -0.05) is 30.3 Å². The van der Waals surface area contributed by atoms with E-state index in [1.54, 1.807) is 18.2 Å². The summed E-state index contributed by atoms with van der Waals surface area (Å²) in [5, 5.41) is 11.7. The Balaban J connectivity index is 1.81. The molecule has 0 radical (unpaired) electrons. The van der Waals surface area contributed by atoms with Gasteiger partial charge in [-0.05, 0) is 29.8 Å². The number of carbonyl (C=O) groups excluding carboxylic acids is 1. The molecular formula is C16H15NO3S. The van der Waals surface area contributed by atoms with Crippen LogP contribution < -0.4 is 5.32 Å². The number of rotatable bonds is 6. The van der Waals surface area contributed by atoms with Crippen molar-refractivity contribution in [3.8, 4) is 0 Å². The van der Waals surface area contributed by atoms with Gasteiger partial charge >= 0.3 is 5.97 Å². The number of amides is 1. The smallest absolute Gasteiger partial charge is 0.335 e. The summed E-state index contributed by atoms with van der Waals surface area (Å²) in [4.78, 5) is 23.7. The summed E-state index contributed by atoms with van der Waals surface area (Å²) < 4.78 is 0. The second-order valence-corrected chi connectivity index (χ2v) is 5.43. The highest BCUT2D eigenvalue weighted by atomic mass is 32.2. The van der Waals surface area contributed by atoms with Crippen molar-refractivity contribution in [3.05, 3.63) is 65.7 Å². The summed E-state index contributed by atoms with van der Waals surface area (Å²) in [5.41, 5.74) is 0.994. The number of hydrogen-bond acceptors (Lipinski definition) is 3. The maximum absolute atomic E-state index is 11.8. The average Bonchev–Trinajstić information content (AvgIpc) is 2.52. The molecular weight excluding hydrogens is 286 g/mol. The molecule has 1 amide bonds. The Morgan fingerprint density at radius 2 is 1.81 bits per heavy atom. The minimum absolute atomic E-state index is 0.0791. The van der Waals surface area contributed by atoms with E-state index < -0.39 is 5.97 Å². The topological polar surface area (TPSA) is 66.4 Å². The van der Waals surface area contributed by atoms with E-state index in [-0.39, 0.29) is 11.5 Å². The first-order valence-electron chi connectivity index (χ1n) is 6.42. The molecule has 4 nitrogen and oxygen atoms in total. The molecule has 0 heterocycles. The highest BCUT2D eigenvalue weighted by molar-refractivity contribution is 8.00. The van der Waals surface area contributed by atoms with E-state index >= 15 is 0 Å². The number of carbonyl (C=O) groups is 2. The maximum atomic E-state index is 11.8. The molecule has 2 aromatic carbocycles. The fraction of sp³-hybridized carbons (Fsp3) is 0.125. The van der Waals surface area contributed by atoms with Crippen molar-refractivity contribution in [3.63, 3.8) is 0 Å². The van der Waals surface area contributed by atoms with Crippen LogP contribution in [0, 0.1) is 0 Å². The molecule has 21 heavy (non-hydrogen) atoms. The van der Waals surface area contributed by atoms with Gasteiger partial charge in [-0.2, -0.15) is 0 Å². The molecule has 5 heteroatoms. The molecule has 0 bridgehead atoms. The van der Waals surface area contributed by atoms with Crippen LogP contribution in [-0.4, -0.2) is 22.7 Å². The molecule has 2 aromatic rings. The summed E-state index contributed by atoms with van der Waals surface area (Å²) in [6, 6.07) is 16.2. The van der Waals surface area contributed by atoms with Crippen molar-refractivity contribution in [2.75, 3.05) is 5.75 Å². The highest BCUT2D eigenvalue weighted by Gasteiger charge is 2.05. The lowest BCUT2D eigenvalue weighted by molar-refractivity contribution is -0.118. The minimum atomic E-state index is -0.970. The van der Waals surface area contributed by atoms with Gasteiger partial charge in [0.25, 0.3) is 0 Å². The van der Waals surface area contributed by atoms with E-state index in [1.165, 1.54) is 17.8 Å². The Hall–Kier alpha value is -2.27. The van der Waals surface area contributed by atoms with Crippen LogP contribution in [0.1, 0.15) is 15.9 Å². The molecule has 0 aliphatic carbocycles. The predicted octanol–water partition coefficient (Wildman–Crippen LogP) is 2.79. The number of carboxylic acid groups (broad SMARTS) is 1. The van der Waals surface area contributed by atoms with Crippen molar-refractivity contribution in [2.45, 2.75) is 11.4 Å². The van der Waals surface area contributed by atoms with E-state index in [9.17, 15) is 9.59 Å². The van der Waals surface area contributed by atoms with Gasteiger partial charge in [0.1, 0.15) is 0 Å². The van der Waals surface area contributed by atoms with Crippen molar-refractivity contribution < 1.29 is 14.7 Å². The molecule has 0 aliphatic rings. The molecule has 2 rings (SSSR count). The normalized spacial score (nSPS) is 10.1. The SMILES string of the molecule is O=C(CSc1ccccc1)NCc1cccc(C(=O)O)c1. The lowest BCUT2D eigenvalue weighted by Crippen LogP contribution is -2.24. The van der Waals surface area contributed by atoms with Crippen LogP contribution in [0.3, 0.4) is 0 Å². The van der Waals surface area contributed by atoms with Gasteiger partial charge in [0.2, 0.25) is 5.91 Å². The summed E-state index contributed by atoms with van der Waals surface area (Å²) in [6.07, 6.45) is 0. The summed E-state index contributed by atoms with van der Waals surface area (Å²) >= 11 is 1.47. The molecule has 0 saturated carbocycles. The lowest BCUT2D eigenvalue weighted by atomic mass is 10.1. The quantitative estimate of drug-likeness (QED) is 0.805. The number of benzene rings is 2. The Morgan fingerprint density at radius 3 is 2.52 bits per heavy atom. The minimum Gasteiger partial charge on any atom is -0.478 e. The molecule has 2 N–H and O–H groups in total. The molecule has 0 spiro atoms. The van der Waals surface area contributed by atoms with Crippen LogP contribution in [0.15, 0.2) is 59.5 Å². The Bertz CT molecular complexity index is 628. The Labute approximate surface area is 127 Å². The first-order valence-corrected chi connectivity index (χ1v) is 7.40. The fourth-order valence-corrected chi connectivity index (χ4v) is 2.48. The van der Waals surface area contributed by atoms with Gasteiger partial charge in [0.15, 0.2) is 0 Å². The van der Waals surface area contributed by atoms with Crippen molar-refractivity contribution in [2.24, 2.45) is 0 Å². The van der Waals surface area contributed by atoms with Gasteiger partial charge in [-0.3, -0.25) is 4.79 Å². The number of hydrogen-bond donors (Lipinski definition) is 2. The third kappa shape index (κ3) is 4.96. The molecule has 0 atom stereocenters. The largest absolute Gasteiger partial charge is 0.478 e. The van der Waals surface area contributed by atoms with Crippen molar-refractivity contribution in [1.82, 2.24) is 5.32 Å². The molecule has 0 aliphatic heterocycles. The van der Waals surface area contributed by atoms with Gasteiger partial charge in [-0.15, -0.1) is 11.8 Å². The monoisotopic (exact) mass is 301 g/mol. The van der Waals surface area contributed by atoms with Crippen LogP contribution >= 0.6 is 11.8 Å². The molecule has 108 valence electrons. The van der Waals surface area contributed by atoms with Crippen LogP contribution in [0.4, 0.5) is 0 Å². The second kappa shape index (κ2) is 7.50. The van der Waals surface area contributed by atoms with Crippen molar-refractivity contribution >= 4 is 23.6 Å². The van der Waals surface area contributed by atoms with Gasteiger partial charge < -0.3 is 10.4 Å². The number of nitrogens with one attached hydrogen (secondary N) is 1. The van der Waals surface area contributed by atoms with Gasteiger partial charge in [0, 0.05) is 11.4 Å². The first kappa shape index (κ1) is 15.1. The standard InChI is InChI=1S/C16H15NO3S/c18-15(11-21-14-7-2-1-3-8-14)17-10-12-5-4-6-13(9-12)16(19)20/h1-9H,10-11H2,(H,17,18)(H,19,20). The Kier molecular flexibility index (Phi) is 5.40. The van der Waals surface area contributed by atoms with Crippen LogP contribution in [0.25, 0.3) is 0 Å². The van der Waals surface area contributed by atoms with E-state index in [1.807, 2.05) is 30.3 Å². The van der Waals surface area contributed by atoms with Gasteiger partial charge in [-0.25, -0.2) is 4.79 Å². The third-order valence-corrected chi connectivity index (χ3v) is 3.79. The summed E-state index contributed by atoms with van der Waals surface area (Å²) in [7, 11) is 0. The van der Waals surface area contributed by atoms with Crippen LogP contribution in [0.5, 0.6) is 0 Å². The van der Waals surface area contributed by atoms with E-state index in [2.05, 4.69) is 5.32 Å². The summed E-state index contributed by atoms with van der Waals surface area (Å²) in [6.45, 7) is 0.329. The number of carboxylic acids is 1. The van der Waals surface area contributed by atoms with Crippen LogP contribution in [0.2, 0.25) is 0 Å². The Morgan fingerprint density at radius 1 is 1.05 bits per heavy atom. The average molecular weight is 301 g/mol. The van der Waals surface area contributed by atoms with Crippen LogP contribution in [-0.2, 0) is 11.3 Å². The molecule has 0 fully saturated rings. The first-order chi connectivity index (χ1) is 10.1. The summed E-state index contributed by atoms with van der Waals surface area (Å²) in [5.74, 6) is -0.713. The predicted molar refractivity (Wildman–Crippen MR) is 82.4 cm³/mol.